The van der Waals surface area contributed by atoms with Gasteiger partial charge >= 0.3 is 12.1 Å². The van der Waals surface area contributed by atoms with Gasteiger partial charge in [-0.15, -0.1) is 0 Å². The van der Waals surface area contributed by atoms with Crippen LogP contribution in [0.2, 0.25) is 0 Å². The molecule has 0 aromatic rings. The van der Waals surface area contributed by atoms with Crippen LogP contribution in [-0.4, -0.2) is 28.3 Å². The number of hydrogen-bond donors (Lipinski definition) is 2. The van der Waals surface area contributed by atoms with Crippen LogP contribution in [0.25, 0.3) is 0 Å². The summed E-state index contributed by atoms with van der Waals surface area (Å²) in [6.07, 6.45) is 1.39. The van der Waals surface area contributed by atoms with E-state index >= 15 is 0 Å². The van der Waals surface area contributed by atoms with Crippen molar-refractivity contribution < 1.29 is 19.4 Å². The van der Waals surface area contributed by atoms with Gasteiger partial charge in [-0.2, -0.15) is 0 Å². The second-order valence-corrected chi connectivity index (χ2v) is 5.55. The predicted molar refractivity (Wildman–Crippen MR) is 62.8 cm³/mol. The number of amides is 1. The van der Waals surface area contributed by atoms with Crippen molar-refractivity contribution in [3.63, 3.8) is 0 Å². The van der Waals surface area contributed by atoms with Crippen LogP contribution in [0.4, 0.5) is 4.79 Å². The van der Waals surface area contributed by atoms with Crippen molar-refractivity contribution in [1.29, 1.82) is 0 Å². The van der Waals surface area contributed by atoms with Gasteiger partial charge in [0.1, 0.15) is 11.1 Å². The summed E-state index contributed by atoms with van der Waals surface area (Å²) in [5.74, 6) is -0.978. The summed E-state index contributed by atoms with van der Waals surface area (Å²) in [5, 5.41) is 11.8. The van der Waals surface area contributed by atoms with Crippen molar-refractivity contribution in [1.82, 2.24) is 5.32 Å². The van der Waals surface area contributed by atoms with Crippen LogP contribution in [0.1, 0.15) is 47.0 Å². The number of aliphatic carboxylic acids is 1. The van der Waals surface area contributed by atoms with E-state index in [2.05, 4.69) is 5.32 Å². The molecule has 98 valence electrons. The predicted octanol–water partition coefficient (Wildman–Crippen LogP) is 2.15. The lowest BCUT2D eigenvalue weighted by atomic mass is 9.65. The summed E-state index contributed by atoms with van der Waals surface area (Å²) in [6, 6.07) is 0. The van der Waals surface area contributed by atoms with E-state index in [0.29, 0.717) is 6.42 Å². The summed E-state index contributed by atoms with van der Waals surface area (Å²) >= 11 is 0. The van der Waals surface area contributed by atoms with E-state index in [1.54, 1.807) is 20.8 Å². The molecule has 0 radical (unpaired) electrons. The van der Waals surface area contributed by atoms with E-state index in [-0.39, 0.29) is 5.92 Å². The van der Waals surface area contributed by atoms with Gasteiger partial charge < -0.3 is 15.2 Å². The Morgan fingerprint density at radius 3 is 2.35 bits per heavy atom. The number of carbonyl (C=O) groups is 2. The first kappa shape index (κ1) is 13.8. The molecule has 5 heteroatoms. The molecule has 0 bridgehead atoms. The summed E-state index contributed by atoms with van der Waals surface area (Å²) in [4.78, 5) is 22.9. The summed E-state index contributed by atoms with van der Waals surface area (Å²) < 4.78 is 5.10. The van der Waals surface area contributed by atoms with Gasteiger partial charge in [-0.1, -0.05) is 13.3 Å². The second kappa shape index (κ2) is 4.55. The Balaban J connectivity index is 2.70. The van der Waals surface area contributed by atoms with Crippen LogP contribution in [0.3, 0.4) is 0 Å². The zero-order valence-corrected chi connectivity index (χ0v) is 10.9. The highest BCUT2D eigenvalue weighted by molar-refractivity contribution is 5.86. The van der Waals surface area contributed by atoms with E-state index in [0.717, 1.165) is 12.8 Å². The lowest BCUT2D eigenvalue weighted by Gasteiger charge is -2.46. The number of alkyl carbamates (subject to hydrolysis) is 1. The van der Waals surface area contributed by atoms with Gasteiger partial charge in [0.05, 0.1) is 0 Å². The van der Waals surface area contributed by atoms with Gasteiger partial charge in [-0.05, 0) is 39.5 Å². The molecule has 1 unspecified atom stereocenters. The van der Waals surface area contributed by atoms with Crippen LogP contribution >= 0.6 is 0 Å². The standard InChI is InChI=1S/C12H21NO4/c1-5-8-6-7-12(8,9(14)15)13-10(16)17-11(2,3)4/h8H,5-7H2,1-4H3,(H,13,16)(H,14,15)/t8?,12-/m1/s1. The molecule has 1 aliphatic carbocycles. The fraction of sp³-hybridized carbons (Fsp3) is 0.833. The van der Waals surface area contributed by atoms with E-state index in [1.165, 1.54) is 0 Å². The molecule has 0 aromatic carbocycles. The first-order valence-electron chi connectivity index (χ1n) is 5.96. The van der Waals surface area contributed by atoms with Gasteiger partial charge in [0.15, 0.2) is 0 Å². The third-order valence-corrected chi connectivity index (χ3v) is 3.18. The molecular formula is C12H21NO4. The lowest BCUT2D eigenvalue weighted by Crippen LogP contribution is -2.65. The largest absolute Gasteiger partial charge is 0.479 e. The average Bonchev–Trinajstić information content (AvgIpc) is 2.09. The third-order valence-electron chi connectivity index (χ3n) is 3.18. The lowest BCUT2D eigenvalue weighted by molar-refractivity contribution is -0.153. The molecule has 0 saturated heterocycles. The van der Waals surface area contributed by atoms with Crippen molar-refractivity contribution >= 4 is 12.1 Å². The molecule has 17 heavy (non-hydrogen) atoms. The Labute approximate surface area is 102 Å². The third kappa shape index (κ3) is 2.90. The Kier molecular flexibility index (Phi) is 3.69. The fourth-order valence-electron chi connectivity index (χ4n) is 2.18. The maximum Gasteiger partial charge on any atom is 0.408 e. The molecule has 0 aromatic heterocycles. The molecule has 0 aliphatic heterocycles. The Morgan fingerprint density at radius 2 is 2.06 bits per heavy atom. The zero-order valence-electron chi connectivity index (χ0n) is 10.9. The van der Waals surface area contributed by atoms with Gasteiger partial charge in [0.25, 0.3) is 0 Å². The highest BCUT2D eigenvalue weighted by atomic mass is 16.6. The first-order valence-corrected chi connectivity index (χ1v) is 5.96. The maximum atomic E-state index is 11.6. The van der Waals surface area contributed by atoms with E-state index in [9.17, 15) is 14.7 Å². The minimum Gasteiger partial charge on any atom is -0.479 e. The van der Waals surface area contributed by atoms with Crippen LogP contribution in [-0.2, 0) is 9.53 Å². The number of rotatable bonds is 3. The minimum atomic E-state index is -1.13. The number of carboxylic acids is 1. The summed E-state index contributed by atoms with van der Waals surface area (Å²) in [5.41, 5.74) is -1.74. The van der Waals surface area contributed by atoms with Crippen molar-refractivity contribution in [2.45, 2.75) is 58.1 Å². The molecule has 0 heterocycles. The molecule has 1 rings (SSSR count). The number of nitrogens with one attached hydrogen (secondary N) is 1. The monoisotopic (exact) mass is 243 g/mol. The molecule has 0 spiro atoms. The van der Waals surface area contributed by atoms with E-state index in [4.69, 9.17) is 4.74 Å². The maximum absolute atomic E-state index is 11.6. The second-order valence-electron chi connectivity index (χ2n) is 5.55. The smallest absolute Gasteiger partial charge is 0.408 e. The number of hydrogen-bond acceptors (Lipinski definition) is 3. The summed E-state index contributed by atoms with van der Waals surface area (Å²) in [7, 11) is 0. The van der Waals surface area contributed by atoms with Crippen LogP contribution in [0, 0.1) is 5.92 Å². The molecular weight excluding hydrogens is 222 g/mol. The average molecular weight is 243 g/mol. The fourth-order valence-corrected chi connectivity index (χ4v) is 2.18. The topological polar surface area (TPSA) is 75.6 Å². The van der Waals surface area contributed by atoms with Gasteiger partial charge in [0, 0.05) is 0 Å². The van der Waals surface area contributed by atoms with E-state index < -0.39 is 23.2 Å². The number of ether oxygens (including phenoxy) is 1. The van der Waals surface area contributed by atoms with Crippen LogP contribution in [0.5, 0.6) is 0 Å². The summed E-state index contributed by atoms with van der Waals surface area (Å²) in [6.45, 7) is 7.17. The zero-order chi connectivity index (χ0) is 13.3. The van der Waals surface area contributed by atoms with Crippen LogP contribution in [0.15, 0.2) is 0 Å². The highest BCUT2D eigenvalue weighted by Gasteiger charge is 2.53. The van der Waals surface area contributed by atoms with Gasteiger partial charge in [-0.25, -0.2) is 9.59 Å². The molecule has 1 aliphatic rings. The quantitative estimate of drug-likeness (QED) is 0.796. The minimum absolute atomic E-state index is 0.00693. The molecule has 5 nitrogen and oxygen atoms in total. The van der Waals surface area contributed by atoms with E-state index in [1.807, 2.05) is 6.92 Å². The molecule has 2 N–H and O–H groups in total. The highest BCUT2D eigenvalue weighted by Crippen LogP contribution is 2.41. The first-order chi connectivity index (χ1) is 7.71. The molecule has 1 saturated carbocycles. The van der Waals surface area contributed by atoms with Crippen molar-refractivity contribution in [2.75, 3.05) is 0 Å². The normalized spacial score (nSPS) is 28.1. The van der Waals surface area contributed by atoms with Crippen LogP contribution < -0.4 is 5.32 Å². The molecule has 1 fully saturated rings. The van der Waals surface area contributed by atoms with Gasteiger partial charge in [-0.3, -0.25) is 0 Å². The van der Waals surface area contributed by atoms with Crippen molar-refractivity contribution in [2.24, 2.45) is 5.92 Å². The number of carboxylic acid groups (broad SMARTS) is 1. The molecule has 1 amide bonds. The van der Waals surface area contributed by atoms with Crippen molar-refractivity contribution in [3.05, 3.63) is 0 Å². The Morgan fingerprint density at radius 1 is 1.47 bits per heavy atom. The van der Waals surface area contributed by atoms with Gasteiger partial charge in [0.2, 0.25) is 0 Å². The number of carbonyl (C=O) groups excluding carboxylic acids is 1. The van der Waals surface area contributed by atoms with Crippen molar-refractivity contribution in [3.8, 4) is 0 Å². The SMILES string of the molecule is CCC1CC[C@]1(NC(=O)OC(C)(C)C)C(=O)O. The Bertz CT molecular complexity index is 319. The molecule has 2 atom stereocenters. The Hall–Kier alpha value is -1.26.